The van der Waals surface area contributed by atoms with Gasteiger partial charge in [-0.05, 0) is 30.7 Å². The minimum Gasteiger partial charge on any atom is -0.493 e. The molecule has 3 rings (SSSR count). The van der Waals surface area contributed by atoms with Gasteiger partial charge in [-0.2, -0.15) is 13.2 Å². The van der Waals surface area contributed by atoms with Gasteiger partial charge in [0.2, 0.25) is 5.16 Å². The van der Waals surface area contributed by atoms with Crippen LogP contribution in [-0.2, 0) is 21.3 Å². The number of benzene rings is 1. The molecular weight excluding hydrogens is 433 g/mol. The summed E-state index contributed by atoms with van der Waals surface area (Å²) >= 11 is 0. The maximum atomic E-state index is 13.1. The van der Waals surface area contributed by atoms with Gasteiger partial charge in [0.25, 0.3) is 0 Å². The minimum atomic E-state index is -5.02. The van der Waals surface area contributed by atoms with E-state index in [9.17, 15) is 22.2 Å². The summed E-state index contributed by atoms with van der Waals surface area (Å²) in [6.45, 7) is 1.25. The van der Waals surface area contributed by atoms with Crippen molar-refractivity contribution in [2.24, 2.45) is 0 Å². The number of nitrogens with zero attached hydrogens (tertiary/aromatic N) is 4. The number of anilines is 1. The number of rotatable bonds is 7. The number of hydrogen-bond acceptors (Lipinski definition) is 5. The number of alkyl halides is 3. The fraction of sp³-hybridized carbons (Fsp3) is 0.250. The molecular formula is C20H19F3N4O3S. The number of para-hydroxylation sites is 1. The van der Waals surface area contributed by atoms with Crippen LogP contribution < -0.4 is 9.64 Å². The molecule has 0 fully saturated rings. The molecule has 164 valence electrons. The molecule has 1 aromatic carbocycles. The standard InChI is InChI=1S/C20H19F3N4O3S/c1-3-26(18(28)20(21,22)23)15-8-5-4-7-14(15)13-31(29)19-25-11-12-27(19)17-16(30-2)9-6-10-24-17/h4-12H,3,13H2,1-2H3. The van der Waals surface area contributed by atoms with Crippen LogP contribution in [0.3, 0.4) is 0 Å². The van der Waals surface area contributed by atoms with Gasteiger partial charge in [0.05, 0.1) is 23.7 Å². The van der Waals surface area contributed by atoms with Gasteiger partial charge in [-0.25, -0.2) is 9.97 Å². The van der Waals surface area contributed by atoms with Crippen molar-refractivity contribution in [3.8, 4) is 11.6 Å². The van der Waals surface area contributed by atoms with Crippen LogP contribution in [0, 0.1) is 0 Å². The molecule has 1 amide bonds. The monoisotopic (exact) mass is 452 g/mol. The number of aromatic nitrogens is 3. The lowest BCUT2D eigenvalue weighted by Gasteiger charge is -2.24. The Labute approximate surface area is 178 Å². The van der Waals surface area contributed by atoms with Gasteiger partial charge in [0.1, 0.15) is 0 Å². The Morgan fingerprint density at radius 1 is 1.16 bits per heavy atom. The quantitative estimate of drug-likeness (QED) is 0.549. The zero-order valence-electron chi connectivity index (χ0n) is 16.7. The van der Waals surface area contributed by atoms with Crippen LogP contribution in [0.5, 0.6) is 5.75 Å². The number of hydrogen-bond donors (Lipinski definition) is 0. The van der Waals surface area contributed by atoms with Crippen LogP contribution in [0.4, 0.5) is 18.9 Å². The van der Waals surface area contributed by atoms with E-state index in [1.807, 2.05) is 0 Å². The molecule has 0 aliphatic carbocycles. The summed E-state index contributed by atoms with van der Waals surface area (Å²) in [4.78, 5) is 20.9. The Bertz CT molecular complexity index is 1100. The number of ether oxygens (including phenoxy) is 1. The first-order valence-corrected chi connectivity index (χ1v) is 10.5. The van der Waals surface area contributed by atoms with Crippen molar-refractivity contribution in [3.05, 3.63) is 60.6 Å². The fourth-order valence-corrected chi connectivity index (χ4v) is 4.22. The molecule has 2 aromatic heterocycles. The van der Waals surface area contributed by atoms with Crippen LogP contribution in [-0.4, -0.2) is 44.5 Å². The smallest absolute Gasteiger partial charge is 0.471 e. The van der Waals surface area contributed by atoms with Crippen molar-refractivity contribution in [3.63, 3.8) is 0 Å². The van der Waals surface area contributed by atoms with Gasteiger partial charge < -0.3 is 9.64 Å². The SMILES string of the molecule is CCN(C(=O)C(F)(F)F)c1ccccc1CS(=O)c1nccn1-c1ncccc1OC. The van der Waals surface area contributed by atoms with Crippen molar-refractivity contribution in [2.45, 2.75) is 24.0 Å². The number of carbonyl (C=O) groups excluding carboxylic acids is 1. The van der Waals surface area contributed by atoms with Gasteiger partial charge in [-0.1, -0.05) is 18.2 Å². The second kappa shape index (κ2) is 9.29. The second-order valence-electron chi connectivity index (χ2n) is 6.27. The molecule has 1 atom stereocenters. The molecule has 31 heavy (non-hydrogen) atoms. The maximum absolute atomic E-state index is 13.1. The van der Waals surface area contributed by atoms with E-state index in [0.717, 1.165) is 0 Å². The molecule has 0 bridgehead atoms. The summed E-state index contributed by atoms with van der Waals surface area (Å²) < 4.78 is 59.0. The molecule has 1 unspecified atom stereocenters. The summed E-state index contributed by atoms with van der Waals surface area (Å²) in [5, 5.41) is 0.150. The average molecular weight is 452 g/mol. The molecule has 2 heterocycles. The van der Waals surface area contributed by atoms with Crippen LogP contribution >= 0.6 is 0 Å². The zero-order valence-corrected chi connectivity index (χ0v) is 17.5. The molecule has 0 aliphatic heterocycles. The fourth-order valence-electron chi connectivity index (χ4n) is 3.02. The maximum Gasteiger partial charge on any atom is 0.471 e. The third-order valence-electron chi connectivity index (χ3n) is 4.38. The predicted octanol–water partition coefficient (Wildman–Crippen LogP) is 3.50. The molecule has 3 aromatic rings. The molecule has 0 radical (unpaired) electrons. The normalized spacial score (nSPS) is 12.4. The summed E-state index contributed by atoms with van der Waals surface area (Å²) in [5.74, 6) is -1.31. The highest BCUT2D eigenvalue weighted by Gasteiger charge is 2.43. The number of methoxy groups -OCH3 is 1. The molecule has 0 saturated carbocycles. The van der Waals surface area contributed by atoms with E-state index in [2.05, 4.69) is 9.97 Å². The Kier molecular flexibility index (Phi) is 6.74. The van der Waals surface area contributed by atoms with Gasteiger partial charge in [0.15, 0.2) is 11.6 Å². The lowest BCUT2D eigenvalue weighted by molar-refractivity contribution is -0.170. The van der Waals surface area contributed by atoms with E-state index < -0.39 is 22.9 Å². The van der Waals surface area contributed by atoms with Crippen molar-refractivity contribution in [1.82, 2.24) is 14.5 Å². The third-order valence-corrected chi connectivity index (χ3v) is 5.66. The molecule has 11 heteroatoms. The largest absolute Gasteiger partial charge is 0.493 e. The summed E-state index contributed by atoms with van der Waals surface area (Å²) in [6.07, 6.45) is -0.468. The third kappa shape index (κ3) is 4.76. The van der Waals surface area contributed by atoms with Crippen LogP contribution in [0.2, 0.25) is 0 Å². The highest BCUT2D eigenvalue weighted by Crippen LogP contribution is 2.29. The molecule has 0 aliphatic rings. The van der Waals surface area contributed by atoms with E-state index in [1.54, 1.807) is 30.6 Å². The first-order valence-electron chi connectivity index (χ1n) is 9.15. The van der Waals surface area contributed by atoms with Gasteiger partial charge in [0, 0.05) is 30.8 Å². The van der Waals surface area contributed by atoms with Crippen LogP contribution in [0.1, 0.15) is 12.5 Å². The lowest BCUT2D eigenvalue weighted by atomic mass is 10.1. The van der Waals surface area contributed by atoms with E-state index >= 15 is 0 Å². The van der Waals surface area contributed by atoms with Gasteiger partial charge in [-0.15, -0.1) is 0 Å². The predicted molar refractivity (Wildman–Crippen MR) is 109 cm³/mol. The van der Waals surface area contributed by atoms with E-state index in [1.165, 1.54) is 43.0 Å². The Morgan fingerprint density at radius 3 is 2.58 bits per heavy atom. The summed E-state index contributed by atoms with van der Waals surface area (Å²) in [7, 11) is -0.278. The van der Waals surface area contributed by atoms with Crippen molar-refractivity contribution in [2.75, 3.05) is 18.6 Å². The molecule has 0 N–H and O–H groups in total. The minimum absolute atomic E-state index is 0.0502. The van der Waals surface area contributed by atoms with Gasteiger partial charge >= 0.3 is 12.1 Å². The highest BCUT2D eigenvalue weighted by atomic mass is 32.2. The van der Waals surface area contributed by atoms with Crippen molar-refractivity contribution < 1.29 is 26.9 Å². The summed E-state index contributed by atoms with van der Waals surface area (Å²) in [5.41, 5.74) is 0.372. The van der Waals surface area contributed by atoms with Crippen molar-refractivity contribution >= 4 is 22.4 Å². The topological polar surface area (TPSA) is 77.3 Å². The number of halogens is 3. The molecule has 0 spiro atoms. The highest BCUT2D eigenvalue weighted by molar-refractivity contribution is 7.84. The van der Waals surface area contributed by atoms with E-state index in [0.29, 0.717) is 22.0 Å². The average Bonchev–Trinajstić information content (AvgIpc) is 3.24. The molecule has 0 saturated heterocycles. The van der Waals surface area contributed by atoms with Gasteiger partial charge in [-0.3, -0.25) is 13.6 Å². The number of carbonyl (C=O) groups is 1. The second-order valence-corrected chi connectivity index (χ2v) is 7.62. The van der Waals surface area contributed by atoms with Crippen LogP contribution in [0.25, 0.3) is 5.82 Å². The first kappa shape index (κ1) is 22.5. The Hall–Kier alpha value is -3.21. The van der Waals surface area contributed by atoms with E-state index in [-0.39, 0.29) is 23.1 Å². The zero-order chi connectivity index (χ0) is 22.6. The first-order chi connectivity index (χ1) is 14.8. The molecule has 7 nitrogen and oxygen atoms in total. The van der Waals surface area contributed by atoms with Crippen molar-refractivity contribution in [1.29, 1.82) is 0 Å². The Balaban J connectivity index is 1.95. The van der Waals surface area contributed by atoms with Crippen LogP contribution in [0.15, 0.2) is 60.1 Å². The lowest BCUT2D eigenvalue weighted by Crippen LogP contribution is -2.41. The Morgan fingerprint density at radius 2 is 1.90 bits per heavy atom. The number of pyridine rings is 1. The summed E-state index contributed by atoms with van der Waals surface area (Å²) in [6, 6.07) is 9.43. The number of imidazole rings is 1. The number of amides is 1. The van der Waals surface area contributed by atoms with E-state index in [4.69, 9.17) is 4.74 Å².